The Balaban J connectivity index is 2.31. The van der Waals surface area contributed by atoms with Crippen molar-refractivity contribution in [2.45, 2.75) is 23.3 Å². The Bertz CT molecular complexity index is 574. The highest BCUT2D eigenvalue weighted by molar-refractivity contribution is 7.99. The molecule has 0 N–H and O–H groups in total. The second-order valence-corrected chi connectivity index (χ2v) is 4.36. The van der Waals surface area contributed by atoms with Crippen LogP contribution in [0.5, 0.6) is 0 Å². The zero-order valence-electron chi connectivity index (χ0n) is 8.69. The number of alkyl halides is 3. The van der Waals surface area contributed by atoms with Gasteiger partial charge in [-0.3, -0.25) is 0 Å². The SMILES string of the molecule is Cc1nnc(Sc2cc(C(F)(F)F)nc(Cl)n2)o1. The highest BCUT2D eigenvalue weighted by Gasteiger charge is 2.33. The average molecular weight is 297 g/mol. The Hall–Kier alpha value is -1.35. The summed E-state index contributed by atoms with van der Waals surface area (Å²) in [5.41, 5.74) is -1.12. The monoisotopic (exact) mass is 296 g/mol. The first-order chi connectivity index (χ1) is 8.34. The van der Waals surface area contributed by atoms with Crippen molar-refractivity contribution >= 4 is 23.4 Å². The van der Waals surface area contributed by atoms with Gasteiger partial charge in [-0.05, 0) is 23.4 Å². The van der Waals surface area contributed by atoms with E-state index in [4.69, 9.17) is 16.0 Å². The van der Waals surface area contributed by atoms with Gasteiger partial charge >= 0.3 is 6.18 Å². The number of hydrogen-bond acceptors (Lipinski definition) is 6. The van der Waals surface area contributed by atoms with Gasteiger partial charge in [0.1, 0.15) is 5.03 Å². The first kappa shape index (κ1) is 13.1. The predicted octanol–water partition coefficient (Wildman–Crippen LogP) is 2.99. The molecule has 0 aliphatic rings. The third-order valence-corrected chi connectivity index (χ3v) is 2.59. The second kappa shape index (κ2) is 4.73. The first-order valence-electron chi connectivity index (χ1n) is 4.44. The van der Waals surface area contributed by atoms with Crippen LogP contribution in [-0.2, 0) is 6.18 Å². The molecule has 5 nitrogen and oxygen atoms in total. The molecule has 0 saturated carbocycles. The molecule has 2 aromatic rings. The van der Waals surface area contributed by atoms with Crippen LogP contribution in [0.2, 0.25) is 5.28 Å². The van der Waals surface area contributed by atoms with E-state index < -0.39 is 17.2 Å². The highest BCUT2D eigenvalue weighted by atomic mass is 35.5. The number of hydrogen-bond donors (Lipinski definition) is 0. The van der Waals surface area contributed by atoms with E-state index in [2.05, 4.69) is 20.2 Å². The molecule has 96 valence electrons. The highest BCUT2D eigenvalue weighted by Crippen LogP contribution is 2.32. The lowest BCUT2D eigenvalue weighted by atomic mass is 10.4. The Labute approximate surface area is 108 Å². The van der Waals surface area contributed by atoms with E-state index in [0.717, 1.165) is 17.8 Å². The van der Waals surface area contributed by atoms with Crippen LogP contribution in [0.4, 0.5) is 13.2 Å². The summed E-state index contributed by atoms with van der Waals surface area (Å²) >= 11 is 6.20. The third-order valence-electron chi connectivity index (χ3n) is 1.67. The van der Waals surface area contributed by atoms with Crippen LogP contribution in [0.3, 0.4) is 0 Å². The van der Waals surface area contributed by atoms with Gasteiger partial charge in [0.2, 0.25) is 11.2 Å². The lowest BCUT2D eigenvalue weighted by molar-refractivity contribution is -0.141. The number of nitrogens with zero attached hydrogens (tertiary/aromatic N) is 4. The zero-order valence-corrected chi connectivity index (χ0v) is 10.3. The summed E-state index contributed by atoms with van der Waals surface area (Å²) < 4.78 is 42.5. The summed E-state index contributed by atoms with van der Waals surface area (Å²) in [5, 5.41) is 6.72. The van der Waals surface area contributed by atoms with Crippen molar-refractivity contribution in [2.24, 2.45) is 0 Å². The minimum absolute atomic E-state index is 0.0222. The minimum Gasteiger partial charge on any atom is -0.416 e. The van der Waals surface area contributed by atoms with Gasteiger partial charge in [-0.15, -0.1) is 10.2 Å². The molecule has 0 saturated heterocycles. The molecular formula is C8H4ClF3N4OS. The van der Waals surface area contributed by atoms with Crippen molar-refractivity contribution in [1.29, 1.82) is 0 Å². The van der Waals surface area contributed by atoms with Gasteiger partial charge in [0, 0.05) is 13.0 Å². The van der Waals surface area contributed by atoms with Crippen molar-refractivity contribution in [3.8, 4) is 0 Å². The van der Waals surface area contributed by atoms with Crippen LogP contribution < -0.4 is 0 Å². The van der Waals surface area contributed by atoms with E-state index in [1.165, 1.54) is 0 Å². The maximum absolute atomic E-state index is 12.5. The average Bonchev–Trinajstić information content (AvgIpc) is 2.61. The van der Waals surface area contributed by atoms with Gasteiger partial charge in [0.05, 0.1) is 0 Å². The number of rotatable bonds is 2. The number of aryl methyl sites for hydroxylation is 1. The lowest BCUT2D eigenvalue weighted by Crippen LogP contribution is -2.09. The van der Waals surface area contributed by atoms with Crippen LogP contribution in [0.15, 0.2) is 20.7 Å². The fraction of sp³-hybridized carbons (Fsp3) is 0.250. The molecule has 0 aromatic carbocycles. The predicted molar refractivity (Wildman–Crippen MR) is 55.2 cm³/mol. The summed E-state index contributed by atoms with van der Waals surface area (Å²) in [6.07, 6.45) is -4.59. The molecule has 2 heterocycles. The summed E-state index contributed by atoms with van der Waals surface area (Å²) in [5.74, 6) is 0.300. The number of aromatic nitrogens is 4. The van der Waals surface area contributed by atoms with Crippen LogP contribution in [0.25, 0.3) is 0 Å². The molecule has 2 rings (SSSR count). The second-order valence-electron chi connectivity index (χ2n) is 3.05. The normalized spacial score (nSPS) is 11.8. The van der Waals surface area contributed by atoms with Crippen molar-refractivity contribution in [3.05, 3.63) is 22.9 Å². The Morgan fingerprint density at radius 3 is 2.56 bits per heavy atom. The molecule has 18 heavy (non-hydrogen) atoms. The van der Waals surface area contributed by atoms with Crippen LogP contribution >= 0.6 is 23.4 Å². The molecule has 0 atom stereocenters. The van der Waals surface area contributed by atoms with Crippen LogP contribution in [0.1, 0.15) is 11.6 Å². The van der Waals surface area contributed by atoms with Gasteiger partial charge in [-0.2, -0.15) is 13.2 Å². The van der Waals surface area contributed by atoms with Gasteiger partial charge in [0.25, 0.3) is 5.22 Å². The van der Waals surface area contributed by atoms with Crippen molar-refractivity contribution in [1.82, 2.24) is 20.2 Å². The van der Waals surface area contributed by atoms with Crippen molar-refractivity contribution < 1.29 is 17.6 Å². The fourth-order valence-electron chi connectivity index (χ4n) is 1.00. The molecule has 0 radical (unpaired) electrons. The third kappa shape index (κ3) is 3.10. The Morgan fingerprint density at radius 1 is 1.28 bits per heavy atom. The van der Waals surface area contributed by atoms with Gasteiger partial charge in [0.15, 0.2) is 5.69 Å². The van der Waals surface area contributed by atoms with E-state index in [9.17, 15) is 13.2 Å². The quantitative estimate of drug-likeness (QED) is 0.627. The van der Waals surface area contributed by atoms with E-state index in [-0.39, 0.29) is 10.2 Å². The number of halogens is 4. The molecule has 0 unspecified atom stereocenters. The first-order valence-corrected chi connectivity index (χ1v) is 5.64. The molecule has 0 aliphatic heterocycles. The van der Waals surface area contributed by atoms with Crippen LogP contribution in [-0.4, -0.2) is 20.2 Å². The molecule has 10 heteroatoms. The maximum Gasteiger partial charge on any atom is 0.433 e. The standard InChI is InChI=1S/C8H4ClF3N4OS/c1-3-15-16-7(17-3)18-5-2-4(8(10,11)12)13-6(9)14-5/h2H,1H3. The van der Waals surface area contributed by atoms with E-state index in [1.54, 1.807) is 6.92 Å². The van der Waals surface area contributed by atoms with Gasteiger partial charge in [-0.25, -0.2) is 9.97 Å². The summed E-state index contributed by atoms with van der Waals surface area (Å²) in [6, 6.07) is 0.760. The topological polar surface area (TPSA) is 64.7 Å². The molecule has 0 amide bonds. The molecule has 0 bridgehead atoms. The van der Waals surface area contributed by atoms with E-state index >= 15 is 0 Å². The van der Waals surface area contributed by atoms with Crippen molar-refractivity contribution in [2.75, 3.05) is 0 Å². The summed E-state index contributed by atoms with van der Waals surface area (Å²) in [6.45, 7) is 1.56. The minimum atomic E-state index is -4.59. The lowest BCUT2D eigenvalue weighted by Gasteiger charge is -2.06. The van der Waals surface area contributed by atoms with Crippen molar-refractivity contribution in [3.63, 3.8) is 0 Å². The smallest absolute Gasteiger partial charge is 0.416 e. The van der Waals surface area contributed by atoms with Gasteiger partial charge < -0.3 is 4.42 Å². The maximum atomic E-state index is 12.5. The molecule has 2 aromatic heterocycles. The fourth-order valence-corrected chi connectivity index (χ4v) is 1.96. The summed E-state index contributed by atoms with van der Waals surface area (Å²) in [4.78, 5) is 6.74. The Kier molecular flexibility index (Phi) is 3.44. The molecule has 0 aliphatic carbocycles. The van der Waals surface area contributed by atoms with Gasteiger partial charge in [-0.1, -0.05) is 0 Å². The molecule has 0 spiro atoms. The largest absolute Gasteiger partial charge is 0.433 e. The molecular weight excluding hydrogens is 293 g/mol. The van der Waals surface area contributed by atoms with E-state index in [1.807, 2.05) is 0 Å². The van der Waals surface area contributed by atoms with E-state index in [0.29, 0.717) is 5.89 Å². The van der Waals surface area contributed by atoms with Crippen LogP contribution in [0, 0.1) is 6.92 Å². The summed E-state index contributed by atoms with van der Waals surface area (Å²) in [7, 11) is 0. The molecule has 0 fully saturated rings. The Morgan fingerprint density at radius 2 is 2.00 bits per heavy atom. The zero-order chi connectivity index (χ0) is 13.3.